The number of hydrogen-bond acceptors (Lipinski definition) is 3. The molecule has 3 nitrogen and oxygen atoms in total. The molecule has 0 saturated carbocycles. The van der Waals surface area contributed by atoms with E-state index in [9.17, 15) is 0 Å². The van der Waals surface area contributed by atoms with Gasteiger partial charge in [0.1, 0.15) is 0 Å². The van der Waals surface area contributed by atoms with Crippen LogP contribution in [0.1, 0.15) is 0 Å². The van der Waals surface area contributed by atoms with Gasteiger partial charge in [0.05, 0.1) is 23.2 Å². The Labute approximate surface area is 87.3 Å². The number of halogens is 2. The van der Waals surface area contributed by atoms with E-state index in [1.54, 1.807) is 20.4 Å². The van der Waals surface area contributed by atoms with Crippen LogP contribution in [0.25, 0.3) is 0 Å². The molecule has 1 heterocycles. The summed E-state index contributed by atoms with van der Waals surface area (Å²) in [4.78, 5) is 4.00. The minimum Gasteiger partial charge on any atom is -0.490 e. The van der Waals surface area contributed by atoms with Gasteiger partial charge >= 0.3 is 0 Å². The molecule has 1 aromatic rings. The van der Waals surface area contributed by atoms with Crippen LogP contribution in [-0.4, -0.2) is 19.2 Å². The summed E-state index contributed by atoms with van der Waals surface area (Å²) in [7, 11) is 3.11. The third-order valence-electron chi connectivity index (χ3n) is 1.30. The molecule has 0 spiro atoms. The topological polar surface area (TPSA) is 31.4 Å². The number of nitrogens with zero attached hydrogens (tertiary/aromatic N) is 1. The van der Waals surface area contributed by atoms with Crippen molar-refractivity contribution in [3.8, 4) is 11.6 Å². The molecule has 1 aromatic heterocycles. The van der Waals surface area contributed by atoms with Gasteiger partial charge in [-0.15, -0.1) is 0 Å². The first kappa shape index (κ1) is 9.80. The molecule has 0 amide bonds. The second-order valence-electron chi connectivity index (χ2n) is 1.96. The van der Waals surface area contributed by atoms with Gasteiger partial charge in [-0.1, -0.05) is 0 Å². The molecular formula is C7H7Br2NO2. The first-order chi connectivity index (χ1) is 5.70. The first-order valence-electron chi connectivity index (χ1n) is 3.12. The molecule has 12 heavy (non-hydrogen) atoms. The standard InChI is InChI=1S/C7H7Br2NO2/c1-11-6-5(9)4(8)3-10-7(6)12-2/h3H,1-2H3. The second-order valence-corrected chi connectivity index (χ2v) is 3.61. The zero-order valence-electron chi connectivity index (χ0n) is 6.60. The molecule has 0 N–H and O–H groups in total. The normalized spacial score (nSPS) is 9.67. The first-order valence-corrected chi connectivity index (χ1v) is 4.71. The average molecular weight is 297 g/mol. The molecule has 0 aliphatic rings. The van der Waals surface area contributed by atoms with E-state index < -0.39 is 0 Å². The Balaban J connectivity index is 3.25. The van der Waals surface area contributed by atoms with Crippen molar-refractivity contribution < 1.29 is 9.47 Å². The van der Waals surface area contributed by atoms with Crippen LogP contribution in [0.3, 0.4) is 0 Å². The van der Waals surface area contributed by atoms with Crippen LogP contribution in [0.15, 0.2) is 15.1 Å². The van der Waals surface area contributed by atoms with E-state index in [1.165, 1.54) is 0 Å². The van der Waals surface area contributed by atoms with Gasteiger partial charge < -0.3 is 9.47 Å². The van der Waals surface area contributed by atoms with Crippen LogP contribution in [0, 0.1) is 0 Å². The van der Waals surface area contributed by atoms with Crippen LogP contribution in [-0.2, 0) is 0 Å². The summed E-state index contributed by atoms with van der Waals surface area (Å²) in [6, 6.07) is 0. The highest BCUT2D eigenvalue weighted by molar-refractivity contribution is 9.13. The molecule has 0 saturated heterocycles. The highest BCUT2D eigenvalue weighted by Gasteiger charge is 2.11. The number of methoxy groups -OCH3 is 2. The maximum atomic E-state index is 5.08. The van der Waals surface area contributed by atoms with E-state index in [1.807, 2.05) is 0 Å². The van der Waals surface area contributed by atoms with Crippen molar-refractivity contribution in [1.82, 2.24) is 4.98 Å². The molecule has 0 fully saturated rings. The lowest BCUT2D eigenvalue weighted by atomic mass is 10.4. The molecule has 0 unspecified atom stereocenters. The lowest BCUT2D eigenvalue weighted by Crippen LogP contribution is -1.94. The number of rotatable bonds is 2. The van der Waals surface area contributed by atoms with Crippen LogP contribution >= 0.6 is 31.9 Å². The molecule has 1 rings (SSSR count). The fourth-order valence-electron chi connectivity index (χ4n) is 0.755. The van der Waals surface area contributed by atoms with E-state index in [0.717, 1.165) is 8.95 Å². The van der Waals surface area contributed by atoms with Gasteiger partial charge in [-0.25, -0.2) is 4.98 Å². The molecule has 0 aromatic carbocycles. The van der Waals surface area contributed by atoms with Crippen LogP contribution in [0.4, 0.5) is 0 Å². The maximum absolute atomic E-state index is 5.08. The van der Waals surface area contributed by atoms with E-state index in [-0.39, 0.29) is 0 Å². The quantitative estimate of drug-likeness (QED) is 0.841. The molecule has 0 bridgehead atoms. The van der Waals surface area contributed by atoms with Crippen molar-refractivity contribution >= 4 is 31.9 Å². The van der Waals surface area contributed by atoms with Gasteiger partial charge in [-0.2, -0.15) is 0 Å². The number of ether oxygens (including phenoxy) is 2. The summed E-state index contributed by atoms with van der Waals surface area (Å²) in [5.41, 5.74) is 0. The maximum Gasteiger partial charge on any atom is 0.257 e. The zero-order valence-corrected chi connectivity index (χ0v) is 9.77. The molecule has 0 atom stereocenters. The van der Waals surface area contributed by atoms with Crippen molar-refractivity contribution in [3.05, 3.63) is 15.1 Å². The van der Waals surface area contributed by atoms with E-state index in [2.05, 4.69) is 36.8 Å². The minimum atomic E-state index is 0.465. The summed E-state index contributed by atoms with van der Waals surface area (Å²) in [5.74, 6) is 1.06. The molecular weight excluding hydrogens is 290 g/mol. The fraction of sp³-hybridized carbons (Fsp3) is 0.286. The predicted molar refractivity (Wildman–Crippen MR) is 52.7 cm³/mol. The summed E-state index contributed by atoms with van der Waals surface area (Å²) in [6.45, 7) is 0. The van der Waals surface area contributed by atoms with Crippen molar-refractivity contribution in [2.75, 3.05) is 14.2 Å². The van der Waals surface area contributed by atoms with Gasteiger partial charge in [0.15, 0.2) is 5.75 Å². The van der Waals surface area contributed by atoms with Crippen molar-refractivity contribution in [2.24, 2.45) is 0 Å². The SMILES string of the molecule is COc1ncc(Br)c(Br)c1OC. The van der Waals surface area contributed by atoms with Gasteiger partial charge in [0.2, 0.25) is 0 Å². The van der Waals surface area contributed by atoms with Crippen LogP contribution in [0.5, 0.6) is 11.6 Å². The summed E-state index contributed by atoms with van der Waals surface area (Å²) >= 11 is 6.65. The Hall–Kier alpha value is -0.290. The third kappa shape index (κ3) is 1.72. The lowest BCUT2D eigenvalue weighted by molar-refractivity contribution is 0.341. The van der Waals surface area contributed by atoms with Gasteiger partial charge in [0.25, 0.3) is 5.88 Å². The lowest BCUT2D eigenvalue weighted by Gasteiger charge is -2.08. The summed E-state index contributed by atoms with van der Waals surface area (Å²) in [5, 5.41) is 0. The van der Waals surface area contributed by atoms with Crippen LogP contribution < -0.4 is 9.47 Å². The Kier molecular flexibility index (Phi) is 3.34. The predicted octanol–water partition coefficient (Wildman–Crippen LogP) is 2.62. The molecule has 0 aliphatic carbocycles. The smallest absolute Gasteiger partial charge is 0.257 e. The molecule has 0 aliphatic heterocycles. The summed E-state index contributed by atoms with van der Waals surface area (Å²) < 4.78 is 11.7. The van der Waals surface area contributed by atoms with Crippen molar-refractivity contribution in [2.45, 2.75) is 0 Å². The Morgan fingerprint density at radius 1 is 1.25 bits per heavy atom. The number of hydrogen-bond donors (Lipinski definition) is 0. The van der Waals surface area contributed by atoms with Gasteiger partial charge in [0, 0.05) is 6.20 Å². The minimum absolute atomic E-state index is 0.465. The average Bonchev–Trinajstić information content (AvgIpc) is 2.09. The van der Waals surface area contributed by atoms with Gasteiger partial charge in [-0.05, 0) is 31.9 Å². The van der Waals surface area contributed by atoms with Gasteiger partial charge in [-0.3, -0.25) is 0 Å². The highest BCUT2D eigenvalue weighted by Crippen LogP contribution is 2.37. The summed E-state index contributed by atoms with van der Waals surface area (Å²) in [6.07, 6.45) is 1.64. The van der Waals surface area contributed by atoms with E-state index >= 15 is 0 Å². The molecule has 0 radical (unpaired) electrons. The third-order valence-corrected chi connectivity index (χ3v) is 3.22. The monoisotopic (exact) mass is 295 g/mol. The Morgan fingerprint density at radius 2 is 1.92 bits per heavy atom. The Bertz CT molecular complexity index is 291. The molecule has 66 valence electrons. The molecule has 5 heteroatoms. The van der Waals surface area contributed by atoms with Crippen molar-refractivity contribution in [3.63, 3.8) is 0 Å². The number of pyridine rings is 1. The largest absolute Gasteiger partial charge is 0.490 e. The fourth-order valence-corrected chi connectivity index (χ4v) is 1.47. The van der Waals surface area contributed by atoms with Crippen molar-refractivity contribution in [1.29, 1.82) is 0 Å². The highest BCUT2D eigenvalue weighted by atomic mass is 79.9. The number of aromatic nitrogens is 1. The Morgan fingerprint density at radius 3 is 2.42 bits per heavy atom. The van der Waals surface area contributed by atoms with Crippen LogP contribution in [0.2, 0.25) is 0 Å². The van der Waals surface area contributed by atoms with E-state index in [0.29, 0.717) is 11.6 Å². The zero-order chi connectivity index (χ0) is 9.14. The van der Waals surface area contributed by atoms with E-state index in [4.69, 9.17) is 9.47 Å². The second kappa shape index (κ2) is 4.09.